The molecule has 3 atom stereocenters. The molecule has 1 aromatic heterocycles. The fraction of sp³-hybridized carbons (Fsp3) is 0.333. The van der Waals surface area contributed by atoms with Crippen LogP contribution in [-0.2, 0) is 11.2 Å². The van der Waals surface area contributed by atoms with E-state index in [-0.39, 0.29) is 11.9 Å². The lowest BCUT2D eigenvalue weighted by atomic mass is 9.92. The number of benzene rings is 2. The van der Waals surface area contributed by atoms with Crippen LogP contribution in [0.1, 0.15) is 37.6 Å². The van der Waals surface area contributed by atoms with Gasteiger partial charge in [-0.2, -0.15) is 0 Å². The SMILES string of the molecule is CC(C)C[C@@H]1NC(=O)[C@@H](Cc2c[nH]c3ccccc23)N2C1=Nc1c(Cl)cc(Cl)cc1C2O. The first-order chi connectivity index (χ1) is 15.3. The number of aromatic nitrogens is 1. The van der Waals surface area contributed by atoms with Crippen LogP contribution in [0.2, 0.25) is 10.0 Å². The molecule has 3 heterocycles. The van der Waals surface area contributed by atoms with Gasteiger partial charge in [0.05, 0.1) is 16.8 Å². The number of rotatable bonds is 4. The van der Waals surface area contributed by atoms with E-state index in [2.05, 4.69) is 24.1 Å². The molecule has 0 radical (unpaired) electrons. The zero-order chi connectivity index (χ0) is 22.6. The molecule has 2 aromatic carbocycles. The van der Waals surface area contributed by atoms with Crippen LogP contribution in [0.4, 0.5) is 5.69 Å². The second-order valence-electron chi connectivity index (χ2n) is 8.85. The molecule has 0 aliphatic carbocycles. The van der Waals surface area contributed by atoms with Crippen molar-refractivity contribution in [2.24, 2.45) is 10.9 Å². The third kappa shape index (κ3) is 3.56. The van der Waals surface area contributed by atoms with Gasteiger partial charge in [-0.15, -0.1) is 0 Å². The summed E-state index contributed by atoms with van der Waals surface area (Å²) in [6, 6.07) is 10.3. The Morgan fingerprint density at radius 3 is 2.78 bits per heavy atom. The van der Waals surface area contributed by atoms with E-state index in [1.165, 1.54) is 0 Å². The Hall–Kier alpha value is -2.54. The minimum atomic E-state index is -1.08. The van der Waals surface area contributed by atoms with Gasteiger partial charge < -0.3 is 20.3 Å². The van der Waals surface area contributed by atoms with Gasteiger partial charge in [-0.3, -0.25) is 4.79 Å². The average Bonchev–Trinajstić information content (AvgIpc) is 3.14. The number of aliphatic hydroxyl groups is 1. The van der Waals surface area contributed by atoms with E-state index in [1.54, 1.807) is 17.0 Å². The van der Waals surface area contributed by atoms with Crippen molar-refractivity contribution in [1.29, 1.82) is 0 Å². The lowest BCUT2D eigenvalue weighted by Gasteiger charge is -2.46. The first-order valence-corrected chi connectivity index (χ1v) is 11.5. The molecule has 1 amide bonds. The summed E-state index contributed by atoms with van der Waals surface area (Å²) in [6.07, 6.45) is 1.97. The van der Waals surface area contributed by atoms with Crippen LogP contribution in [0, 0.1) is 5.92 Å². The highest BCUT2D eigenvalue weighted by Crippen LogP contribution is 2.43. The van der Waals surface area contributed by atoms with Gasteiger partial charge in [0.15, 0.2) is 6.23 Å². The molecule has 32 heavy (non-hydrogen) atoms. The Morgan fingerprint density at radius 2 is 2.00 bits per heavy atom. The third-order valence-corrected chi connectivity index (χ3v) is 6.66. The van der Waals surface area contributed by atoms with E-state index in [0.717, 1.165) is 16.5 Å². The largest absolute Gasteiger partial charge is 0.369 e. The number of H-pyrrole nitrogens is 1. The van der Waals surface area contributed by atoms with Crippen LogP contribution < -0.4 is 5.32 Å². The number of halogens is 2. The van der Waals surface area contributed by atoms with Gasteiger partial charge in [-0.1, -0.05) is 55.2 Å². The molecule has 0 bridgehead atoms. The summed E-state index contributed by atoms with van der Waals surface area (Å²) in [6.45, 7) is 4.18. The number of hydrogen-bond donors (Lipinski definition) is 3. The number of aromatic amines is 1. The molecule has 5 rings (SSSR count). The molecule has 1 fully saturated rings. The molecule has 0 saturated carbocycles. The van der Waals surface area contributed by atoms with Crippen LogP contribution in [-0.4, -0.2) is 38.8 Å². The highest BCUT2D eigenvalue weighted by atomic mass is 35.5. The molecule has 166 valence electrons. The van der Waals surface area contributed by atoms with Gasteiger partial charge in [-0.05, 0) is 36.1 Å². The van der Waals surface area contributed by atoms with Gasteiger partial charge in [0, 0.05) is 34.1 Å². The first kappa shape index (κ1) is 21.3. The van der Waals surface area contributed by atoms with Crippen molar-refractivity contribution in [3.05, 3.63) is 63.8 Å². The summed E-state index contributed by atoms with van der Waals surface area (Å²) in [5.74, 6) is 0.831. The third-order valence-electron chi connectivity index (χ3n) is 6.15. The van der Waals surface area contributed by atoms with Gasteiger partial charge >= 0.3 is 0 Å². The molecule has 2 aliphatic rings. The van der Waals surface area contributed by atoms with Crippen molar-refractivity contribution < 1.29 is 9.90 Å². The number of hydrogen-bond acceptors (Lipinski definition) is 4. The molecule has 6 nitrogen and oxygen atoms in total. The topological polar surface area (TPSA) is 80.7 Å². The molecule has 3 N–H and O–H groups in total. The van der Waals surface area contributed by atoms with Crippen LogP contribution in [0.5, 0.6) is 0 Å². The molecular weight excluding hydrogens is 447 g/mol. The van der Waals surface area contributed by atoms with Crippen molar-refractivity contribution in [3.63, 3.8) is 0 Å². The molecule has 1 unspecified atom stereocenters. The summed E-state index contributed by atoms with van der Waals surface area (Å²) in [7, 11) is 0. The number of aliphatic hydroxyl groups excluding tert-OH is 1. The summed E-state index contributed by atoms with van der Waals surface area (Å²) in [5, 5.41) is 16.4. The summed E-state index contributed by atoms with van der Waals surface area (Å²) in [4.78, 5) is 23.2. The number of nitrogens with zero attached hydrogens (tertiary/aromatic N) is 2. The maximum absolute atomic E-state index is 13.3. The Labute approximate surface area is 196 Å². The number of nitrogens with one attached hydrogen (secondary N) is 2. The highest BCUT2D eigenvalue weighted by molar-refractivity contribution is 6.36. The average molecular weight is 471 g/mol. The van der Waals surface area contributed by atoms with E-state index in [1.807, 2.05) is 30.5 Å². The van der Waals surface area contributed by atoms with E-state index in [9.17, 15) is 9.90 Å². The quantitative estimate of drug-likeness (QED) is 0.503. The number of amides is 1. The van der Waals surface area contributed by atoms with Crippen LogP contribution in [0.15, 0.2) is 47.6 Å². The van der Waals surface area contributed by atoms with Crippen molar-refractivity contribution >= 4 is 51.5 Å². The molecule has 2 aliphatic heterocycles. The lowest BCUT2D eigenvalue weighted by molar-refractivity contribution is -0.131. The van der Waals surface area contributed by atoms with Crippen LogP contribution in [0.25, 0.3) is 10.9 Å². The smallest absolute Gasteiger partial charge is 0.243 e. The van der Waals surface area contributed by atoms with Gasteiger partial charge in [0.2, 0.25) is 5.91 Å². The summed E-state index contributed by atoms with van der Waals surface area (Å²) in [5.41, 5.74) is 3.02. The summed E-state index contributed by atoms with van der Waals surface area (Å²) >= 11 is 12.6. The molecule has 0 spiro atoms. The molecule has 3 aromatic rings. The molecule has 8 heteroatoms. The van der Waals surface area contributed by atoms with Crippen molar-refractivity contribution in [3.8, 4) is 0 Å². The van der Waals surface area contributed by atoms with Crippen LogP contribution in [0.3, 0.4) is 0 Å². The fourth-order valence-corrected chi connectivity index (χ4v) is 5.28. The number of amidine groups is 1. The number of fused-ring (bicyclic) bond motifs is 3. The Kier molecular flexibility index (Phi) is 5.40. The maximum atomic E-state index is 13.3. The van der Waals surface area contributed by atoms with Gasteiger partial charge in [-0.25, -0.2) is 4.99 Å². The zero-order valence-corrected chi connectivity index (χ0v) is 19.3. The Bertz CT molecular complexity index is 1240. The number of para-hydroxylation sites is 1. The Morgan fingerprint density at radius 1 is 1.22 bits per heavy atom. The van der Waals surface area contributed by atoms with Gasteiger partial charge in [0.1, 0.15) is 11.9 Å². The lowest BCUT2D eigenvalue weighted by Crippen LogP contribution is -2.65. The van der Waals surface area contributed by atoms with Crippen molar-refractivity contribution in [2.75, 3.05) is 0 Å². The predicted octanol–water partition coefficient (Wildman–Crippen LogP) is 4.97. The summed E-state index contributed by atoms with van der Waals surface area (Å²) < 4.78 is 0. The van der Waals surface area contributed by atoms with Crippen molar-refractivity contribution in [2.45, 2.75) is 45.0 Å². The number of piperazine rings is 1. The number of carbonyl (C=O) groups is 1. The van der Waals surface area contributed by atoms with Crippen LogP contribution >= 0.6 is 23.2 Å². The maximum Gasteiger partial charge on any atom is 0.243 e. The number of carbonyl (C=O) groups excluding carboxylic acids is 1. The minimum Gasteiger partial charge on any atom is -0.369 e. The highest BCUT2D eigenvalue weighted by Gasteiger charge is 2.45. The fourth-order valence-electron chi connectivity index (χ4n) is 4.73. The molecule has 1 saturated heterocycles. The predicted molar refractivity (Wildman–Crippen MR) is 128 cm³/mol. The second-order valence-corrected chi connectivity index (χ2v) is 9.69. The monoisotopic (exact) mass is 470 g/mol. The minimum absolute atomic E-state index is 0.129. The zero-order valence-electron chi connectivity index (χ0n) is 17.8. The molecular formula is C24H24Cl2N4O2. The Balaban J connectivity index is 1.60. The van der Waals surface area contributed by atoms with E-state index < -0.39 is 12.3 Å². The van der Waals surface area contributed by atoms with E-state index in [0.29, 0.717) is 45.9 Å². The second kappa shape index (κ2) is 8.10. The van der Waals surface area contributed by atoms with E-state index >= 15 is 0 Å². The first-order valence-electron chi connectivity index (χ1n) is 10.7. The van der Waals surface area contributed by atoms with Gasteiger partial charge in [0.25, 0.3) is 0 Å². The van der Waals surface area contributed by atoms with Crippen molar-refractivity contribution in [1.82, 2.24) is 15.2 Å². The number of aliphatic imine (C=N–C) groups is 1. The van der Waals surface area contributed by atoms with E-state index in [4.69, 9.17) is 28.2 Å². The normalized spacial score (nSPS) is 22.6. The standard InChI is InChI=1S/C24H24Cl2N4O2/c1-12(2)7-19-22-29-21-16(9-14(25)10-17(21)26)24(32)30(22)20(23(31)28-19)8-13-11-27-18-6-4-3-5-15(13)18/h3-6,9-12,19-20,24,27,32H,7-8H2,1-2H3,(H,28,31)/t19-,20+,24?/m0/s1.